The van der Waals surface area contributed by atoms with Crippen molar-refractivity contribution in [3.63, 3.8) is 0 Å². The largest absolute Gasteiger partial charge is 0.463 e. The molecule has 2 atom stereocenters. The predicted octanol–water partition coefficient (Wildman–Crippen LogP) is 6.81. The third-order valence-electron chi connectivity index (χ3n) is 7.46. The Morgan fingerprint density at radius 3 is 2.12 bits per heavy atom. The normalized spacial score (nSPS) is 13.7. The molecule has 0 bridgehead atoms. The van der Waals surface area contributed by atoms with Crippen LogP contribution in [0.3, 0.4) is 0 Å². The fourth-order valence-electron chi connectivity index (χ4n) is 4.93. The Labute approximate surface area is 234 Å². The maximum Gasteiger partial charge on any atom is 0.308 e. The van der Waals surface area contributed by atoms with Crippen molar-refractivity contribution in [2.75, 3.05) is 18.5 Å². The Balaban J connectivity index is 1.47. The topological polar surface area (TPSA) is 92.7 Å². The van der Waals surface area contributed by atoms with Crippen LogP contribution >= 0.6 is 0 Å². The SMILES string of the molecule is CCC(C)(CC(C)C(=O)OCCO)C(=O)Nc1ccc(C(=O)/C=C/c2c3ccccc3cc3ccccc23)cc1. The number of allylic oxidation sites excluding steroid dienone is 1. The van der Waals surface area contributed by atoms with Crippen LogP contribution in [0, 0.1) is 11.3 Å². The number of carbonyl (C=O) groups excluding carboxylic acids is 3. The number of hydrogen-bond donors (Lipinski definition) is 2. The zero-order valence-corrected chi connectivity index (χ0v) is 23.1. The average molecular weight is 538 g/mol. The number of ether oxygens (including phenoxy) is 1. The molecule has 2 unspecified atom stereocenters. The molecule has 40 heavy (non-hydrogen) atoms. The van der Waals surface area contributed by atoms with E-state index in [4.69, 9.17) is 9.84 Å². The van der Waals surface area contributed by atoms with E-state index in [1.54, 1.807) is 37.3 Å². The molecule has 0 radical (unpaired) electrons. The maximum atomic E-state index is 13.1. The van der Waals surface area contributed by atoms with Gasteiger partial charge in [0.1, 0.15) is 6.61 Å². The Kier molecular flexibility index (Phi) is 9.12. The molecule has 0 aromatic heterocycles. The van der Waals surface area contributed by atoms with Crippen molar-refractivity contribution < 1.29 is 24.2 Å². The lowest BCUT2D eigenvalue weighted by atomic mass is 9.78. The minimum Gasteiger partial charge on any atom is -0.463 e. The molecule has 6 heteroatoms. The summed E-state index contributed by atoms with van der Waals surface area (Å²) in [6.07, 6.45) is 4.31. The second kappa shape index (κ2) is 12.7. The first kappa shape index (κ1) is 28.7. The first-order valence-corrected chi connectivity index (χ1v) is 13.6. The first-order chi connectivity index (χ1) is 19.3. The summed E-state index contributed by atoms with van der Waals surface area (Å²) in [6, 6.07) is 25.2. The van der Waals surface area contributed by atoms with Gasteiger partial charge in [-0.2, -0.15) is 0 Å². The van der Waals surface area contributed by atoms with E-state index in [-0.39, 0.29) is 24.9 Å². The summed E-state index contributed by atoms with van der Waals surface area (Å²) >= 11 is 0. The van der Waals surface area contributed by atoms with Gasteiger partial charge >= 0.3 is 5.97 Å². The zero-order valence-electron chi connectivity index (χ0n) is 23.1. The molecule has 4 aromatic rings. The minimum absolute atomic E-state index is 0.0585. The van der Waals surface area contributed by atoms with E-state index in [0.29, 0.717) is 24.1 Å². The van der Waals surface area contributed by atoms with Gasteiger partial charge in [-0.15, -0.1) is 0 Å². The van der Waals surface area contributed by atoms with Crippen molar-refractivity contribution in [1.82, 2.24) is 0 Å². The first-order valence-electron chi connectivity index (χ1n) is 13.6. The van der Waals surface area contributed by atoms with Crippen molar-refractivity contribution >= 4 is 51.0 Å². The lowest BCUT2D eigenvalue weighted by Gasteiger charge is -2.29. The molecule has 0 aliphatic rings. The number of carbonyl (C=O) groups is 3. The van der Waals surface area contributed by atoms with Crippen LogP contribution in [0.2, 0.25) is 0 Å². The van der Waals surface area contributed by atoms with Crippen molar-refractivity contribution in [3.8, 4) is 0 Å². The number of benzene rings is 4. The summed E-state index contributed by atoms with van der Waals surface area (Å²) in [6.45, 7) is 5.14. The molecule has 0 heterocycles. The standard InChI is InChI=1S/C34H35NO5/c1-4-34(3,22-23(2)32(38)40-20-19-36)33(39)35-27-15-13-24(14-16-27)31(37)18-17-30-28-11-7-5-9-25(28)21-26-10-6-8-12-29(26)30/h5-18,21,23,36H,4,19-20,22H2,1-3H3,(H,35,39)/b18-17+. The molecule has 0 aliphatic carbocycles. The van der Waals surface area contributed by atoms with Crippen LogP contribution in [-0.2, 0) is 14.3 Å². The van der Waals surface area contributed by atoms with Gasteiger partial charge in [0, 0.05) is 16.7 Å². The number of hydrogen-bond acceptors (Lipinski definition) is 5. The van der Waals surface area contributed by atoms with Gasteiger partial charge in [0.2, 0.25) is 5.91 Å². The van der Waals surface area contributed by atoms with Gasteiger partial charge in [0.25, 0.3) is 0 Å². The molecule has 4 rings (SSSR count). The lowest BCUT2D eigenvalue weighted by molar-refractivity contribution is -0.150. The van der Waals surface area contributed by atoms with E-state index in [9.17, 15) is 14.4 Å². The molecule has 1 amide bonds. The van der Waals surface area contributed by atoms with Crippen molar-refractivity contribution in [1.29, 1.82) is 0 Å². The van der Waals surface area contributed by atoms with Crippen molar-refractivity contribution in [2.24, 2.45) is 11.3 Å². The zero-order chi connectivity index (χ0) is 28.7. The van der Waals surface area contributed by atoms with Crippen molar-refractivity contribution in [2.45, 2.75) is 33.6 Å². The highest BCUT2D eigenvalue weighted by atomic mass is 16.5. The molecule has 2 N–H and O–H groups in total. The Bertz CT molecular complexity index is 1500. The van der Waals surface area contributed by atoms with E-state index in [1.807, 2.05) is 44.2 Å². The van der Waals surface area contributed by atoms with Crippen LogP contribution in [0.25, 0.3) is 27.6 Å². The fourth-order valence-corrected chi connectivity index (χ4v) is 4.93. The van der Waals surface area contributed by atoms with E-state index in [0.717, 1.165) is 27.1 Å². The number of nitrogens with one attached hydrogen (secondary N) is 1. The van der Waals surface area contributed by atoms with Gasteiger partial charge in [-0.1, -0.05) is 69.3 Å². The van der Waals surface area contributed by atoms with E-state index in [1.165, 1.54) is 0 Å². The van der Waals surface area contributed by atoms with Crippen LogP contribution < -0.4 is 5.32 Å². The number of fused-ring (bicyclic) bond motifs is 2. The molecule has 4 aromatic carbocycles. The molecule has 0 aliphatic heterocycles. The molecule has 0 spiro atoms. The summed E-state index contributed by atoms with van der Waals surface area (Å²) in [4.78, 5) is 38.4. The highest BCUT2D eigenvalue weighted by Gasteiger charge is 2.35. The lowest BCUT2D eigenvalue weighted by Crippen LogP contribution is -2.36. The summed E-state index contributed by atoms with van der Waals surface area (Å²) in [5.74, 6) is -1.27. The summed E-state index contributed by atoms with van der Waals surface area (Å²) in [7, 11) is 0. The van der Waals surface area contributed by atoms with Crippen LogP contribution in [0.15, 0.2) is 84.9 Å². The number of rotatable bonds is 11. The number of ketones is 1. The van der Waals surface area contributed by atoms with Crippen LogP contribution in [0.5, 0.6) is 0 Å². The Hall–Kier alpha value is -4.29. The summed E-state index contributed by atoms with van der Waals surface area (Å²) in [5.41, 5.74) is 1.29. The van der Waals surface area contributed by atoms with Gasteiger partial charge in [-0.3, -0.25) is 14.4 Å². The number of esters is 1. The maximum absolute atomic E-state index is 13.1. The van der Waals surface area contributed by atoms with E-state index in [2.05, 4.69) is 35.6 Å². The Morgan fingerprint density at radius 1 is 0.950 bits per heavy atom. The molecule has 0 fully saturated rings. The molecular formula is C34H35NO5. The van der Waals surface area contributed by atoms with Gasteiger partial charge in [-0.05, 0) is 82.4 Å². The summed E-state index contributed by atoms with van der Waals surface area (Å²) < 4.78 is 5.01. The number of amides is 1. The molecule has 6 nitrogen and oxygen atoms in total. The predicted molar refractivity (Wildman–Crippen MR) is 160 cm³/mol. The molecule has 0 saturated carbocycles. The van der Waals surface area contributed by atoms with E-state index >= 15 is 0 Å². The van der Waals surface area contributed by atoms with Gasteiger partial charge in [-0.25, -0.2) is 0 Å². The second-order valence-electron chi connectivity index (χ2n) is 10.4. The van der Waals surface area contributed by atoms with E-state index < -0.39 is 17.3 Å². The number of aliphatic hydroxyl groups is 1. The third kappa shape index (κ3) is 6.46. The van der Waals surface area contributed by atoms with Crippen LogP contribution in [-0.4, -0.2) is 36.0 Å². The molecular weight excluding hydrogens is 502 g/mol. The molecule has 206 valence electrons. The summed E-state index contributed by atoms with van der Waals surface area (Å²) in [5, 5.41) is 16.2. The third-order valence-corrected chi connectivity index (χ3v) is 7.46. The van der Waals surface area contributed by atoms with Gasteiger partial charge < -0.3 is 15.2 Å². The van der Waals surface area contributed by atoms with Gasteiger partial charge in [0.15, 0.2) is 5.78 Å². The minimum atomic E-state index is -0.796. The smallest absolute Gasteiger partial charge is 0.308 e. The van der Waals surface area contributed by atoms with Gasteiger partial charge in [0.05, 0.1) is 12.5 Å². The second-order valence-corrected chi connectivity index (χ2v) is 10.4. The van der Waals surface area contributed by atoms with Crippen LogP contribution in [0.4, 0.5) is 5.69 Å². The quantitative estimate of drug-likeness (QED) is 0.0949. The van der Waals surface area contributed by atoms with Crippen molar-refractivity contribution in [3.05, 3.63) is 96.1 Å². The van der Waals surface area contributed by atoms with Crippen LogP contribution in [0.1, 0.15) is 49.5 Å². The number of anilines is 1. The average Bonchev–Trinajstić information content (AvgIpc) is 2.97. The highest BCUT2D eigenvalue weighted by Crippen LogP contribution is 2.32. The Morgan fingerprint density at radius 2 is 1.55 bits per heavy atom. The monoisotopic (exact) mass is 537 g/mol. The highest BCUT2D eigenvalue weighted by molar-refractivity contribution is 6.12. The number of aliphatic hydroxyl groups excluding tert-OH is 1. The molecule has 0 saturated heterocycles. The fraction of sp³-hybridized carbons (Fsp3) is 0.265.